The number of aromatic hydroxyl groups is 2. The fourth-order valence-electron chi connectivity index (χ4n) is 2.40. The molecule has 0 spiro atoms. The van der Waals surface area contributed by atoms with Crippen LogP contribution in [0.5, 0.6) is 11.5 Å². The number of aliphatic imine (C=N–C) groups is 2. The highest BCUT2D eigenvalue weighted by atomic mass is 19.1. The summed E-state index contributed by atoms with van der Waals surface area (Å²) >= 11 is 0. The van der Waals surface area contributed by atoms with E-state index in [1.54, 1.807) is 12.1 Å². The van der Waals surface area contributed by atoms with E-state index in [0.717, 1.165) is 29.8 Å². The summed E-state index contributed by atoms with van der Waals surface area (Å²) in [5.74, 6) is -1.23. The molecule has 3 rings (SSSR count). The summed E-state index contributed by atoms with van der Waals surface area (Å²) in [5, 5.41) is 19.6. The van der Waals surface area contributed by atoms with E-state index in [-0.39, 0.29) is 22.6 Å². The number of hydrogen-bond donors (Lipinski definition) is 2. The fourth-order valence-corrected chi connectivity index (χ4v) is 2.40. The van der Waals surface area contributed by atoms with E-state index >= 15 is 0 Å². The van der Waals surface area contributed by atoms with E-state index in [0.29, 0.717) is 0 Å². The zero-order valence-electron chi connectivity index (χ0n) is 14.1. The molecule has 2 N–H and O–H groups in total. The van der Waals surface area contributed by atoms with Gasteiger partial charge in [0.05, 0.1) is 0 Å². The van der Waals surface area contributed by atoms with Crippen LogP contribution in [0.2, 0.25) is 0 Å². The Hall–Kier alpha value is -3.54. The van der Waals surface area contributed by atoms with E-state index in [4.69, 9.17) is 0 Å². The molecule has 0 aromatic heterocycles. The van der Waals surface area contributed by atoms with Crippen molar-refractivity contribution in [3.8, 4) is 11.5 Å². The quantitative estimate of drug-likeness (QED) is 0.648. The molecule has 0 aliphatic heterocycles. The molecule has 3 aromatic rings. The average molecular weight is 366 g/mol. The number of hydrogen-bond acceptors (Lipinski definition) is 4. The maximum atomic E-state index is 13.4. The van der Waals surface area contributed by atoms with Crippen molar-refractivity contribution in [2.24, 2.45) is 9.98 Å². The molecule has 0 saturated heterocycles. The van der Waals surface area contributed by atoms with E-state index in [2.05, 4.69) is 9.98 Å². The highest BCUT2D eigenvalue weighted by molar-refractivity contribution is 5.85. The summed E-state index contributed by atoms with van der Waals surface area (Å²) in [7, 11) is 0. The van der Waals surface area contributed by atoms with Gasteiger partial charge in [0.2, 0.25) is 0 Å². The summed E-state index contributed by atoms with van der Waals surface area (Å²) in [6.07, 6.45) is 1.91. The zero-order valence-corrected chi connectivity index (χ0v) is 14.1. The van der Waals surface area contributed by atoms with E-state index in [1.165, 1.54) is 24.6 Å². The Labute approximate surface area is 154 Å². The van der Waals surface area contributed by atoms with Crippen LogP contribution in [0, 0.1) is 11.6 Å². The first-order valence-electron chi connectivity index (χ1n) is 8.11. The van der Waals surface area contributed by atoms with Gasteiger partial charge in [0, 0.05) is 23.6 Å². The monoisotopic (exact) mass is 366 g/mol. The van der Waals surface area contributed by atoms with Crippen LogP contribution in [0.15, 0.2) is 76.7 Å². The van der Waals surface area contributed by atoms with E-state index < -0.39 is 17.8 Å². The molecule has 0 aliphatic carbocycles. The van der Waals surface area contributed by atoms with Crippen LogP contribution in [0.1, 0.15) is 22.9 Å². The number of nitrogens with zero attached hydrogens (tertiary/aromatic N) is 2. The largest absolute Gasteiger partial charge is 0.507 e. The Morgan fingerprint density at radius 2 is 1.19 bits per heavy atom. The topological polar surface area (TPSA) is 65.2 Å². The number of phenols is 2. The van der Waals surface area contributed by atoms with Crippen molar-refractivity contribution >= 4 is 12.4 Å². The van der Waals surface area contributed by atoms with Crippen molar-refractivity contribution in [1.82, 2.24) is 0 Å². The summed E-state index contributed by atoms with van der Waals surface area (Å²) in [5.41, 5.74) is 1.15. The van der Waals surface area contributed by atoms with Crippen molar-refractivity contribution in [2.75, 3.05) is 0 Å². The second-order valence-corrected chi connectivity index (χ2v) is 5.75. The van der Waals surface area contributed by atoms with Gasteiger partial charge >= 0.3 is 0 Å². The first-order valence-corrected chi connectivity index (χ1v) is 8.11. The van der Waals surface area contributed by atoms with Crippen LogP contribution < -0.4 is 0 Å². The number of rotatable bonds is 5. The van der Waals surface area contributed by atoms with Gasteiger partial charge in [-0.05, 0) is 42.0 Å². The normalized spacial score (nSPS) is 11.7. The van der Waals surface area contributed by atoms with Gasteiger partial charge in [0.15, 0.2) is 6.17 Å². The van der Waals surface area contributed by atoms with Gasteiger partial charge in [0.1, 0.15) is 23.1 Å². The summed E-state index contributed by atoms with van der Waals surface area (Å²) < 4.78 is 26.8. The molecule has 0 aliphatic rings. The molecule has 0 atom stereocenters. The lowest BCUT2D eigenvalue weighted by atomic mass is 10.1. The van der Waals surface area contributed by atoms with Gasteiger partial charge in [-0.15, -0.1) is 0 Å². The minimum absolute atomic E-state index is 0.112. The smallest absolute Gasteiger partial charge is 0.165 e. The van der Waals surface area contributed by atoms with Gasteiger partial charge < -0.3 is 10.2 Å². The standard InChI is InChI=1S/C21H16F2N2O2/c22-17-6-8-19(26)15(10-17)12-24-21(14-4-2-1-3-5-14)25-13-16-11-18(23)7-9-20(16)27/h1-13,21,26-27H/b24-12+,25-13+. The number of halogens is 2. The van der Waals surface area contributed by atoms with Crippen LogP contribution in [-0.2, 0) is 0 Å². The Kier molecular flexibility index (Phi) is 5.56. The van der Waals surface area contributed by atoms with E-state index in [1.807, 2.05) is 18.2 Å². The van der Waals surface area contributed by atoms with Crippen molar-refractivity contribution < 1.29 is 19.0 Å². The van der Waals surface area contributed by atoms with Crippen LogP contribution >= 0.6 is 0 Å². The summed E-state index contributed by atoms with van der Waals surface area (Å²) in [6, 6.07) is 16.1. The second kappa shape index (κ2) is 8.23. The molecule has 0 bridgehead atoms. The fraction of sp³-hybridized carbons (Fsp3) is 0.0476. The number of phenolic OH excluding ortho intramolecular Hbond substituents is 2. The minimum Gasteiger partial charge on any atom is -0.507 e. The highest BCUT2D eigenvalue weighted by Crippen LogP contribution is 2.22. The predicted molar refractivity (Wildman–Crippen MR) is 101 cm³/mol. The van der Waals surface area contributed by atoms with Crippen molar-refractivity contribution in [2.45, 2.75) is 6.17 Å². The molecule has 4 nitrogen and oxygen atoms in total. The lowest BCUT2D eigenvalue weighted by Gasteiger charge is -2.08. The van der Waals surface area contributed by atoms with E-state index in [9.17, 15) is 19.0 Å². The van der Waals surface area contributed by atoms with Crippen molar-refractivity contribution in [1.29, 1.82) is 0 Å². The average Bonchev–Trinajstić information content (AvgIpc) is 2.67. The van der Waals surface area contributed by atoms with Gasteiger partial charge in [0.25, 0.3) is 0 Å². The second-order valence-electron chi connectivity index (χ2n) is 5.75. The predicted octanol–water partition coefficient (Wildman–Crippen LogP) is 4.61. The highest BCUT2D eigenvalue weighted by Gasteiger charge is 2.08. The zero-order chi connectivity index (χ0) is 19.2. The molecule has 3 aromatic carbocycles. The van der Waals surface area contributed by atoms with Crippen molar-refractivity contribution in [3.63, 3.8) is 0 Å². The van der Waals surface area contributed by atoms with Crippen LogP contribution in [0.4, 0.5) is 8.78 Å². The molecule has 0 amide bonds. The van der Waals surface area contributed by atoms with Gasteiger partial charge in [-0.3, -0.25) is 9.98 Å². The molecule has 0 saturated carbocycles. The Morgan fingerprint density at radius 1 is 0.704 bits per heavy atom. The maximum absolute atomic E-state index is 13.4. The molecule has 0 radical (unpaired) electrons. The third kappa shape index (κ3) is 4.76. The molecule has 0 unspecified atom stereocenters. The Balaban J connectivity index is 1.94. The molecule has 136 valence electrons. The molecular weight excluding hydrogens is 350 g/mol. The lowest BCUT2D eigenvalue weighted by molar-refractivity contribution is 0.472. The first-order chi connectivity index (χ1) is 13.0. The molecule has 6 heteroatoms. The molecule has 0 fully saturated rings. The minimum atomic E-state index is -0.725. The van der Waals surface area contributed by atoms with Crippen LogP contribution in [-0.4, -0.2) is 22.6 Å². The SMILES string of the molecule is Oc1ccc(F)cc1/C=N/C(/N=C/c1cc(F)ccc1O)c1ccccc1. The first kappa shape index (κ1) is 18.3. The van der Waals surface area contributed by atoms with Gasteiger partial charge in [-0.1, -0.05) is 30.3 Å². The molecule has 27 heavy (non-hydrogen) atoms. The van der Waals surface area contributed by atoms with Gasteiger partial charge in [-0.2, -0.15) is 0 Å². The molecule has 0 heterocycles. The Bertz CT molecular complexity index is 927. The van der Waals surface area contributed by atoms with Crippen molar-refractivity contribution in [3.05, 3.63) is 95.1 Å². The summed E-state index contributed by atoms with van der Waals surface area (Å²) in [4.78, 5) is 8.62. The molecular formula is C21H16F2N2O2. The maximum Gasteiger partial charge on any atom is 0.165 e. The van der Waals surface area contributed by atoms with Gasteiger partial charge in [-0.25, -0.2) is 8.78 Å². The van der Waals surface area contributed by atoms with Crippen LogP contribution in [0.25, 0.3) is 0 Å². The lowest BCUT2D eigenvalue weighted by Crippen LogP contribution is -1.96. The van der Waals surface area contributed by atoms with Crippen LogP contribution in [0.3, 0.4) is 0 Å². The number of benzene rings is 3. The third-order valence-corrected chi connectivity index (χ3v) is 3.79. The third-order valence-electron chi connectivity index (χ3n) is 3.79. The Morgan fingerprint density at radius 3 is 1.67 bits per heavy atom. The summed E-state index contributed by atoms with van der Waals surface area (Å²) in [6.45, 7) is 0.